The molecule has 0 bridgehead atoms. The molecule has 35 heavy (non-hydrogen) atoms. The lowest BCUT2D eigenvalue weighted by atomic mass is 10.3. The van der Waals surface area contributed by atoms with Gasteiger partial charge in [0.25, 0.3) is 5.91 Å². The normalized spacial score (nSPS) is 16.0. The van der Waals surface area contributed by atoms with E-state index >= 15 is 0 Å². The van der Waals surface area contributed by atoms with Crippen molar-refractivity contribution in [2.24, 2.45) is 0 Å². The lowest BCUT2D eigenvalue weighted by Gasteiger charge is -2.33. The number of amides is 1. The number of aromatic nitrogens is 4. The average Bonchev–Trinajstić information content (AvgIpc) is 2.87. The Morgan fingerprint density at radius 3 is 2.57 bits per heavy atom. The minimum atomic E-state index is -0.110. The summed E-state index contributed by atoms with van der Waals surface area (Å²) in [6, 6.07) is 7.61. The molecular weight excluding hydrogens is 446 g/mol. The Balaban J connectivity index is 1.30. The number of likely N-dealkylation sites (N-methyl/N-ethyl adjacent to an activating group) is 2. The quantitative estimate of drug-likeness (QED) is 0.552. The first kappa shape index (κ1) is 22.8. The second-order valence-corrected chi connectivity index (χ2v) is 8.62. The van der Waals surface area contributed by atoms with Crippen molar-refractivity contribution in [3.05, 3.63) is 42.2 Å². The first-order valence-corrected chi connectivity index (χ1v) is 11.7. The highest BCUT2D eigenvalue weighted by atomic mass is 16.5. The summed E-state index contributed by atoms with van der Waals surface area (Å²) in [7, 11) is 2.14. The van der Waals surface area contributed by atoms with E-state index in [9.17, 15) is 4.79 Å². The van der Waals surface area contributed by atoms with Crippen molar-refractivity contribution in [2.45, 2.75) is 13.8 Å². The number of pyridine rings is 2. The third kappa shape index (κ3) is 4.94. The number of nitrogens with one attached hydrogen (secondary N) is 2. The highest BCUT2D eigenvalue weighted by molar-refractivity contribution is 5.96. The molecule has 5 rings (SSSR count). The molecular formula is C24H29N9O2. The first-order valence-electron chi connectivity index (χ1n) is 11.7. The predicted octanol–water partition coefficient (Wildman–Crippen LogP) is 2.56. The molecule has 1 fully saturated rings. The zero-order chi connectivity index (χ0) is 24.4. The van der Waals surface area contributed by atoms with E-state index in [4.69, 9.17) is 4.74 Å². The smallest absolute Gasteiger partial charge is 0.266 e. The van der Waals surface area contributed by atoms with Crippen LogP contribution in [0, 0.1) is 6.92 Å². The Morgan fingerprint density at radius 1 is 1.00 bits per heavy atom. The zero-order valence-electron chi connectivity index (χ0n) is 20.2. The van der Waals surface area contributed by atoms with E-state index in [1.54, 1.807) is 23.4 Å². The minimum Gasteiger partial charge on any atom is -0.480 e. The number of ether oxygens (including phenoxy) is 1. The second kappa shape index (κ2) is 9.71. The number of rotatable bonds is 6. The summed E-state index contributed by atoms with van der Waals surface area (Å²) >= 11 is 0. The van der Waals surface area contributed by atoms with Gasteiger partial charge in [0.1, 0.15) is 17.5 Å². The van der Waals surface area contributed by atoms with Crippen LogP contribution in [0.25, 0.3) is 0 Å². The summed E-state index contributed by atoms with van der Waals surface area (Å²) < 4.78 is 5.51. The van der Waals surface area contributed by atoms with Crippen molar-refractivity contribution in [3.63, 3.8) is 0 Å². The van der Waals surface area contributed by atoms with Crippen LogP contribution in [0.5, 0.6) is 5.75 Å². The number of hydrogen-bond donors (Lipinski definition) is 2. The topological polar surface area (TPSA) is 112 Å². The van der Waals surface area contributed by atoms with Crippen LogP contribution >= 0.6 is 0 Å². The van der Waals surface area contributed by atoms with Gasteiger partial charge in [-0.2, -0.15) is 4.98 Å². The van der Waals surface area contributed by atoms with E-state index < -0.39 is 0 Å². The fourth-order valence-corrected chi connectivity index (χ4v) is 4.03. The summed E-state index contributed by atoms with van der Waals surface area (Å²) in [5, 5.41) is 6.46. The van der Waals surface area contributed by atoms with E-state index in [0.717, 1.165) is 43.2 Å². The molecule has 5 heterocycles. The van der Waals surface area contributed by atoms with E-state index in [1.165, 1.54) is 0 Å². The number of anilines is 6. The van der Waals surface area contributed by atoms with E-state index in [1.807, 2.05) is 32.0 Å². The maximum Gasteiger partial charge on any atom is 0.266 e. The largest absolute Gasteiger partial charge is 0.480 e. The minimum absolute atomic E-state index is 0.0283. The van der Waals surface area contributed by atoms with Crippen LogP contribution in [0.4, 0.5) is 34.9 Å². The van der Waals surface area contributed by atoms with E-state index in [-0.39, 0.29) is 12.5 Å². The zero-order valence-corrected chi connectivity index (χ0v) is 20.2. The summed E-state index contributed by atoms with van der Waals surface area (Å²) in [6.45, 7) is 8.39. The molecule has 0 spiro atoms. The Bertz CT molecular complexity index is 1210. The summed E-state index contributed by atoms with van der Waals surface area (Å²) in [6.07, 6.45) is 3.54. The number of piperazine rings is 1. The van der Waals surface area contributed by atoms with Crippen molar-refractivity contribution in [2.75, 3.05) is 66.8 Å². The van der Waals surface area contributed by atoms with Crippen molar-refractivity contribution in [1.82, 2.24) is 24.8 Å². The number of carbonyl (C=O) groups is 1. The standard InChI is InChI=1S/C24H29N9O2/c1-4-33-21(34)15-35-18-6-7-19(29-23(18)33)28-22-16(2)13-26-24(30-22)27-17-5-8-20(25-14-17)32-11-9-31(3)10-12-32/h5-8,13-14H,4,9-12,15H2,1-3H3,(H2,26,27,28,29,30). The van der Waals surface area contributed by atoms with Crippen LogP contribution in [-0.2, 0) is 4.79 Å². The van der Waals surface area contributed by atoms with E-state index in [0.29, 0.717) is 35.7 Å². The molecule has 2 aliphatic rings. The Labute approximate surface area is 204 Å². The maximum absolute atomic E-state index is 12.2. The summed E-state index contributed by atoms with van der Waals surface area (Å²) in [4.78, 5) is 36.6. The number of nitrogens with zero attached hydrogens (tertiary/aromatic N) is 7. The van der Waals surface area contributed by atoms with Crippen molar-refractivity contribution in [3.8, 4) is 5.75 Å². The Morgan fingerprint density at radius 2 is 1.83 bits per heavy atom. The molecule has 0 radical (unpaired) electrons. The van der Waals surface area contributed by atoms with Gasteiger partial charge in [-0.15, -0.1) is 0 Å². The fraction of sp³-hybridized carbons (Fsp3) is 0.375. The van der Waals surface area contributed by atoms with Crippen LogP contribution in [0.3, 0.4) is 0 Å². The van der Waals surface area contributed by atoms with Gasteiger partial charge < -0.3 is 25.2 Å². The first-order chi connectivity index (χ1) is 17.0. The van der Waals surface area contributed by atoms with Crippen LogP contribution in [0.15, 0.2) is 36.7 Å². The van der Waals surface area contributed by atoms with Gasteiger partial charge in [0.2, 0.25) is 5.95 Å². The molecule has 3 aromatic rings. The van der Waals surface area contributed by atoms with Gasteiger partial charge in [-0.1, -0.05) is 0 Å². The van der Waals surface area contributed by atoms with Crippen molar-refractivity contribution >= 4 is 40.8 Å². The molecule has 0 atom stereocenters. The highest BCUT2D eigenvalue weighted by Crippen LogP contribution is 2.32. The highest BCUT2D eigenvalue weighted by Gasteiger charge is 2.26. The molecule has 0 aromatic carbocycles. The average molecular weight is 476 g/mol. The third-order valence-corrected chi connectivity index (χ3v) is 6.11. The van der Waals surface area contributed by atoms with Gasteiger partial charge >= 0.3 is 0 Å². The number of aryl methyl sites for hydroxylation is 1. The summed E-state index contributed by atoms with van der Waals surface area (Å²) in [5.41, 5.74) is 1.66. The molecule has 1 amide bonds. The van der Waals surface area contributed by atoms with Gasteiger partial charge in [0, 0.05) is 44.5 Å². The Hall–Kier alpha value is -3.99. The van der Waals surface area contributed by atoms with Crippen LogP contribution in [-0.4, -0.2) is 77.1 Å². The van der Waals surface area contributed by atoms with Crippen molar-refractivity contribution in [1.29, 1.82) is 0 Å². The third-order valence-electron chi connectivity index (χ3n) is 6.11. The number of hydrogen-bond acceptors (Lipinski definition) is 10. The van der Waals surface area contributed by atoms with Crippen LogP contribution in [0.2, 0.25) is 0 Å². The van der Waals surface area contributed by atoms with Gasteiger partial charge in [0.05, 0.1) is 11.9 Å². The Kier molecular flexibility index (Phi) is 6.32. The molecule has 2 aliphatic heterocycles. The molecule has 0 saturated carbocycles. The number of carbonyl (C=O) groups excluding carboxylic acids is 1. The molecule has 11 nitrogen and oxygen atoms in total. The molecule has 1 saturated heterocycles. The van der Waals surface area contributed by atoms with Crippen molar-refractivity contribution < 1.29 is 9.53 Å². The fourth-order valence-electron chi connectivity index (χ4n) is 4.03. The van der Waals surface area contributed by atoms with Gasteiger partial charge in [-0.25, -0.2) is 15.0 Å². The van der Waals surface area contributed by atoms with Gasteiger partial charge in [0.15, 0.2) is 18.2 Å². The number of fused-ring (bicyclic) bond motifs is 1. The lowest BCUT2D eigenvalue weighted by molar-refractivity contribution is -0.121. The van der Waals surface area contributed by atoms with Crippen LogP contribution < -0.4 is 25.2 Å². The van der Waals surface area contributed by atoms with Gasteiger partial charge in [-0.05, 0) is 45.2 Å². The van der Waals surface area contributed by atoms with E-state index in [2.05, 4.69) is 47.4 Å². The molecule has 0 unspecified atom stereocenters. The molecule has 182 valence electrons. The molecule has 11 heteroatoms. The molecule has 3 aromatic heterocycles. The SMILES string of the molecule is CCN1C(=O)COc2ccc(Nc3nc(Nc4ccc(N5CCN(C)CC5)nc4)ncc3C)nc21. The monoisotopic (exact) mass is 475 g/mol. The lowest BCUT2D eigenvalue weighted by Crippen LogP contribution is -2.44. The second-order valence-electron chi connectivity index (χ2n) is 8.62. The summed E-state index contributed by atoms with van der Waals surface area (Å²) in [5.74, 6) is 3.57. The molecule has 0 aliphatic carbocycles. The van der Waals surface area contributed by atoms with Crippen LogP contribution in [0.1, 0.15) is 12.5 Å². The maximum atomic E-state index is 12.2. The van der Waals surface area contributed by atoms with Gasteiger partial charge in [-0.3, -0.25) is 9.69 Å². The molecule has 2 N–H and O–H groups in total. The predicted molar refractivity (Wildman–Crippen MR) is 135 cm³/mol.